The SMILES string of the molecule is CCC(C)(Oc1ccc(C)cc1)c1c(F)c(F)c(-c2c(F)c(F)c(Oc3ccc(C(c4ccc(OC(C)(CC)c5c(F)c(F)c(-c6c(F)c(F)c(Oc7ccc(C)cc7)c(F)c6F)c(F)c5F)cc4)(C(F)(F)F)C(F)(F)F)cc3)c(F)c2F)c(F)c1F. The minimum atomic E-state index is -6.43. The van der Waals surface area contributed by atoms with Gasteiger partial charge in [-0.05, 0) is 100 Å². The molecule has 8 rings (SSSR count). The molecule has 8 aromatic rings. The average molecular weight is 1250 g/mol. The van der Waals surface area contributed by atoms with Gasteiger partial charge < -0.3 is 18.9 Å². The number of hydrogen-bond donors (Lipinski definition) is 0. The van der Waals surface area contributed by atoms with Crippen molar-refractivity contribution in [2.24, 2.45) is 0 Å². The second-order valence-electron chi connectivity index (χ2n) is 19.9. The minimum Gasteiger partial charge on any atom is -0.483 e. The third-order valence-corrected chi connectivity index (χ3v) is 14.5. The van der Waals surface area contributed by atoms with Gasteiger partial charge >= 0.3 is 12.4 Å². The minimum absolute atomic E-state index is 0.0165. The predicted octanol–water partition coefficient (Wildman–Crippen LogP) is 20.3. The number of benzene rings is 8. The lowest BCUT2D eigenvalue weighted by atomic mass is 9.73. The quantitative estimate of drug-likeness (QED) is 0.0714. The zero-order valence-electron chi connectivity index (χ0n) is 45.1. The highest BCUT2D eigenvalue weighted by Crippen LogP contribution is 2.57. The molecule has 0 aromatic heterocycles. The smallest absolute Gasteiger partial charge is 0.411 e. The van der Waals surface area contributed by atoms with Crippen molar-refractivity contribution in [2.45, 2.75) is 83.4 Å². The lowest BCUT2D eigenvalue weighted by Gasteiger charge is -2.38. The summed E-state index contributed by atoms with van der Waals surface area (Å²) in [5, 5.41) is 0. The highest BCUT2D eigenvalue weighted by molar-refractivity contribution is 5.71. The van der Waals surface area contributed by atoms with Crippen LogP contribution in [0.2, 0.25) is 0 Å². The normalized spacial score (nSPS) is 13.6. The summed E-state index contributed by atoms with van der Waals surface area (Å²) in [6.45, 7) is 7.26. The van der Waals surface area contributed by atoms with Crippen LogP contribution in [-0.2, 0) is 16.6 Å². The molecule has 26 heteroatoms. The van der Waals surface area contributed by atoms with Gasteiger partial charge in [-0.2, -0.15) is 43.9 Å². The summed E-state index contributed by atoms with van der Waals surface area (Å²) in [6.07, 6.45) is -14.1. The summed E-state index contributed by atoms with van der Waals surface area (Å²) in [5.74, 6) is -47.5. The van der Waals surface area contributed by atoms with Gasteiger partial charge in [0.2, 0.25) is 40.2 Å². The molecule has 460 valence electrons. The van der Waals surface area contributed by atoms with Gasteiger partial charge in [0, 0.05) is 0 Å². The number of rotatable bonds is 16. The third kappa shape index (κ3) is 10.9. The van der Waals surface area contributed by atoms with Crippen molar-refractivity contribution in [1.29, 1.82) is 0 Å². The standard InChI is InChI=1S/C61H38F22O4/c1-7-57(5,86-31-19-11-26(4)12-20-31)37-47(70)39(62)34(40(63)48(37)71)36-45(68)53(76)56(54(77)46(36)69)85-30-21-13-27(14-22-30)59(60(78,79)80,61(81,82)83)28-15-23-32(24-16-28)87-58(6,8-2)38-49(72)41(64)33(42(65)50(38)73)35-43(66)51(74)55(52(75)44(35)67)84-29-17-9-25(3)10-18-29/h9-24H,7-8H2,1-6H3. The van der Waals surface area contributed by atoms with Gasteiger partial charge in [-0.25, -0.2) is 52.7 Å². The van der Waals surface area contributed by atoms with Gasteiger partial charge in [0.1, 0.15) is 34.2 Å². The largest absolute Gasteiger partial charge is 0.483 e. The van der Waals surface area contributed by atoms with Crippen LogP contribution >= 0.6 is 0 Å². The molecule has 0 amide bonds. The zero-order chi connectivity index (χ0) is 64.5. The van der Waals surface area contributed by atoms with Crippen molar-refractivity contribution in [2.75, 3.05) is 0 Å². The summed E-state index contributed by atoms with van der Waals surface area (Å²) in [4.78, 5) is 0. The summed E-state index contributed by atoms with van der Waals surface area (Å²) >= 11 is 0. The van der Waals surface area contributed by atoms with E-state index in [0.29, 0.717) is 30.2 Å². The van der Waals surface area contributed by atoms with Crippen LogP contribution in [-0.4, -0.2) is 12.4 Å². The van der Waals surface area contributed by atoms with Crippen LogP contribution in [0.3, 0.4) is 0 Å². The third-order valence-electron chi connectivity index (χ3n) is 14.5. The van der Waals surface area contributed by atoms with Crippen LogP contribution in [0.5, 0.6) is 34.5 Å². The maximum Gasteiger partial charge on any atom is 0.411 e. The Balaban J connectivity index is 1.11. The van der Waals surface area contributed by atoms with Crippen LogP contribution in [0.15, 0.2) is 97.1 Å². The van der Waals surface area contributed by atoms with Crippen LogP contribution in [0.4, 0.5) is 96.6 Å². The molecular weight excluding hydrogens is 1210 g/mol. The first-order valence-electron chi connectivity index (χ1n) is 25.2. The second-order valence-corrected chi connectivity index (χ2v) is 19.9. The molecular formula is C61H38F22O4. The molecule has 0 heterocycles. The Morgan fingerprint density at radius 3 is 0.759 bits per heavy atom. The fourth-order valence-corrected chi connectivity index (χ4v) is 9.57. The van der Waals surface area contributed by atoms with Crippen LogP contribution in [0.25, 0.3) is 22.3 Å². The molecule has 0 aliphatic heterocycles. The maximum atomic E-state index is 16.1. The molecule has 87 heavy (non-hydrogen) atoms. The number of alkyl halides is 6. The molecule has 0 radical (unpaired) electrons. The molecule has 0 spiro atoms. The zero-order valence-corrected chi connectivity index (χ0v) is 45.1. The average Bonchev–Trinajstić information content (AvgIpc) is 0.771. The Morgan fingerprint density at radius 2 is 0.517 bits per heavy atom. The van der Waals surface area contributed by atoms with Gasteiger partial charge in [-0.3, -0.25) is 0 Å². The van der Waals surface area contributed by atoms with E-state index in [4.69, 9.17) is 18.9 Å². The lowest BCUT2D eigenvalue weighted by Crippen LogP contribution is -2.54. The van der Waals surface area contributed by atoms with Crippen LogP contribution < -0.4 is 18.9 Å². The summed E-state index contributed by atoms with van der Waals surface area (Å²) < 4.78 is 364. The molecule has 0 aliphatic rings. The number of hydrogen-bond acceptors (Lipinski definition) is 4. The topological polar surface area (TPSA) is 36.9 Å². The second kappa shape index (κ2) is 23.3. The van der Waals surface area contributed by atoms with Crippen LogP contribution in [0, 0.1) is 107 Å². The molecule has 0 N–H and O–H groups in total. The van der Waals surface area contributed by atoms with Crippen molar-refractivity contribution in [1.82, 2.24) is 0 Å². The highest BCUT2D eigenvalue weighted by atomic mass is 19.4. The molecule has 0 saturated carbocycles. The van der Waals surface area contributed by atoms with Gasteiger partial charge in [0.15, 0.2) is 69.8 Å². The summed E-state index contributed by atoms with van der Waals surface area (Å²) in [7, 11) is 0. The van der Waals surface area contributed by atoms with E-state index < -0.39 is 202 Å². The van der Waals surface area contributed by atoms with E-state index in [1.54, 1.807) is 13.8 Å². The molecule has 0 aliphatic carbocycles. The molecule has 8 aromatic carbocycles. The monoisotopic (exact) mass is 1250 g/mol. The first-order chi connectivity index (χ1) is 40.5. The fourth-order valence-electron chi connectivity index (χ4n) is 9.57. The van der Waals surface area contributed by atoms with E-state index in [-0.39, 0.29) is 47.9 Å². The molecule has 2 unspecified atom stereocenters. The Bertz CT molecular complexity index is 3850. The lowest BCUT2D eigenvalue weighted by molar-refractivity contribution is -0.288. The molecule has 0 saturated heterocycles. The molecule has 0 bridgehead atoms. The molecule has 0 fully saturated rings. The van der Waals surface area contributed by atoms with Gasteiger partial charge in [-0.15, -0.1) is 0 Å². The predicted molar refractivity (Wildman–Crippen MR) is 268 cm³/mol. The maximum absolute atomic E-state index is 16.1. The van der Waals surface area contributed by atoms with E-state index in [1.807, 2.05) is 0 Å². The molecule has 2 atom stereocenters. The summed E-state index contributed by atoms with van der Waals surface area (Å²) in [6, 6.07) is 12.0. The Labute approximate surface area is 478 Å². The highest BCUT2D eigenvalue weighted by Gasteiger charge is 2.72. The van der Waals surface area contributed by atoms with E-state index in [2.05, 4.69) is 0 Å². The van der Waals surface area contributed by atoms with Crippen molar-refractivity contribution >= 4 is 0 Å². The first-order valence-corrected chi connectivity index (χ1v) is 25.2. The van der Waals surface area contributed by atoms with E-state index in [9.17, 15) is 0 Å². The van der Waals surface area contributed by atoms with E-state index in [1.165, 1.54) is 43.3 Å². The fraction of sp³-hybridized carbons (Fsp3) is 0.213. The van der Waals surface area contributed by atoms with Crippen molar-refractivity contribution in [3.8, 4) is 56.8 Å². The Hall–Kier alpha value is -8.58. The van der Waals surface area contributed by atoms with Gasteiger partial charge in [0.25, 0.3) is 0 Å². The van der Waals surface area contributed by atoms with Crippen LogP contribution in [0.1, 0.15) is 73.9 Å². The van der Waals surface area contributed by atoms with E-state index >= 15 is 96.6 Å². The summed E-state index contributed by atoms with van der Waals surface area (Å²) in [5.41, 5.74) is -24.8. The number of ether oxygens (including phenoxy) is 4. The number of halogens is 22. The van der Waals surface area contributed by atoms with Crippen molar-refractivity contribution < 1.29 is 116 Å². The van der Waals surface area contributed by atoms with Crippen molar-refractivity contribution in [3.05, 3.63) is 224 Å². The van der Waals surface area contributed by atoms with Gasteiger partial charge in [-0.1, -0.05) is 73.5 Å². The number of aryl methyl sites for hydroxylation is 2. The first kappa shape index (κ1) is 64.4. The Kier molecular flexibility index (Phi) is 17.2. The van der Waals surface area contributed by atoms with Gasteiger partial charge in [0.05, 0.1) is 33.4 Å². The van der Waals surface area contributed by atoms with Crippen molar-refractivity contribution in [3.63, 3.8) is 0 Å². The Morgan fingerprint density at radius 1 is 0.299 bits per heavy atom. The van der Waals surface area contributed by atoms with E-state index in [0.717, 1.165) is 26.0 Å². The molecule has 4 nitrogen and oxygen atoms in total.